The Hall–Kier alpha value is -1.10. The van der Waals surface area contributed by atoms with Crippen LogP contribution >= 0.6 is 0 Å². The fraction of sp³-hybridized carbons (Fsp3) is 0. The van der Waals surface area contributed by atoms with Crippen molar-refractivity contribution in [2.75, 3.05) is 0 Å². The third-order valence-corrected chi connectivity index (χ3v) is 0.397. The van der Waals surface area contributed by atoms with Gasteiger partial charge in [0.1, 0.15) is 0 Å². The lowest BCUT2D eigenvalue weighted by Crippen LogP contribution is -1.62. The van der Waals surface area contributed by atoms with Crippen molar-refractivity contribution in [1.29, 1.82) is 0 Å². The van der Waals surface area contributed by atoms with E-state index in [1.807, 2.05) is 0 Å². The quantitative estimate of drug-likeness (QED) is 0.374. The fourth-order valence-corrected chi connectivity index (χ4v) is 0.199. The topological polar surface area (TPSA) is 24.7 Å². The fourth-order valence-electron chi connectivity index (χ4n) is 0.199. The van der Waals surface area contributed by atoms with Gasteiger partial charge in [-0.25, -0.2) is 0 Å². The molecule has 0 aromatic carbocycles. The predicted molar refractivity (Wildman–Crippen MR) is 24.0 cm³/mol. The maximum Gasteiger partial charge on any atom is 0.0625 e. The molecule has 0 bridgehead atoms. The zero-order valence-corrected chi connectivity index (χ0v) is 3.05. The van der Waals surface area contributed by atoms with Gasteiger partial charge in [0.15, 0.2) is 0 Å². The van der Waals surface area contributed by atoms with Gasteiger partial charge in [-0.15, -0.1) is 5.10 Å². The van der Waals surface area contributed by atoms with Gasteiger partial charge >= 0.3 is 0 Å². The first-order valence-corrected chi connectivity index (χ1v) is 1.55. The minimum absolute atomic E-state index is 1.55. The molecule has 0 unspecified atom stereocenters. The second kappa shape index (κ2) is 1.37. The Bertz CT molecular complexity index is 136. The van der Waals surface area contributed by atoms with E-state index >= 15 is 0 Å². The summed E-state index contributed by atoms with van der Waals surface area (Å²) >= 11 is 0. The molecule has 0 radical (unpaired) electrons. The van der Waals surface area contributed by atoms with E-state index < -0.39 is 0 Å². The highest BCUT2D eigenvalue weighted by Gasteiger charge is 1.60. The highest BCUT2D eigenvalue weighted by molar-refractivity contribution is 5.75. The van der Waals surface area contributed by atoms with Crippen LogP contribution in [0.25, 0.3) is 0 Å². The molecule has 0 atom stereocenters. The van der Waals surface area contributed by atoms with E-state index in [-0.39, 0.29) is 0 Å². The molecular weight excluding hydrogens is 76.1 g/mol. The average Bonchev–Trinajstić information content (AvgIpc) is 1.72. The van der Waals surface area contributed by atoms with Crippen molar-refractivity contribution in [2.24, 2.45) is 10.2 Å². The normalized spacial score (nSPS) is 13.3. The summed E-state index contributed by atoms with van der Waals surface area (Å²) in [6.07, 6.45) is 3.20. The number of nitrogens with zero attached hydrogens (tertiary/aromatic N) is 2. The van der Waals surface area contributed by atoms with Crippen LogP contribution in [0.4, 0.5) is 0 Å². The van der Waals surface area contributed by atoms with Crippen molar-refractivity contribution in [3.8, 4) is 0 Å². The first-order chi connectivity index (χ1) is 3.00. The van der Waals surface area contributed by atoms with Gasteiger partial charge in [-0.1, -0.05) is 5.10 Å². The van der Waals surface area contributed by atoms with E-state index in [9.17, 15) is 0 Å². The summed E-state index contributed by atoms with van der Waals surface area (Å²) in [5.74, 6) is 2.41. The summed E-state index contributed by atoms with van der Waals surface area (Å²) < 4.78 is 0. The average molecular weight is 78.1 g/mol. The largest absolute Gasteiger partial charge is 0.149 e. The van der Waals surface area contributed by atoms with Crippen LogP contribution in [0.2, 0.25) is 0 Å². The van der Waals surface area contributed by atoms with E-state index in [4.69, 9.17) is 0 Å². The van der Waals surface area contributed by atoms with Gasteiger partial charge in [0.05, 0.1) is 12.1 Å². The Labute approximate surface area is 35.2 Å². The van der Waals surface area contributed by atoms with Crippen LogP contribution in [0.3, 0.4) is 0 Å². The first kappa shape index (κ1) is 3.10. The number of allylic oxidation sites excluding steroid dienone is 1. The van der Waals surface area contributed by atoms with Gasteiger partial charge in [-0.05, 0) is 5.73 Å². The van der Waals surface area contributed by atoms with Crippen LogP contribution < -0.4 is 0 Å². The SMILES string of the molecule is C1=C=NN=CC=1. The molecule has 0 aromatic rings. The third-order valence-electron chi connectivity index (χ3n) is 0.397. The second-order valence-electron chi connectivity index (χ2n) is 0.787. The molecule has 28 valence electrons. The van der Waals surface area contributed by atoms with Crippen molar-refractivity contribution in [2.45, 2.75) is 0 Å². The molecule has 1 heterocycles. The van der Waals surface area contributed by atoms with E-state index in [2.05, 4.69) is 21.8 Å². The van der Waals surface area contributed by atoms with Crippen LogP contribution in [-0.2, 0) is 0 Å². The van der Waals surface area contributed by atoms with Gasteiger partial charge in [0.25, 0.3) is 0 Å². The van der Waals surface area contributed by atoms with E-state index in [1.165, 1.54) is 0 Å². The molecule has 0 aliphatic carbocycles. The molecule has 0 spiro atoms. The zero-order valence-electron chi connectivity index (χ0n) is 3.05. The Morgan fingerprint density at radius 3 is 2.67 bits per heavy atom. The lowest BCUT2D eigenvalue weighted by atomic mass is 10.6. The summed E-state index contributed by atoms with van der Waals surface area (Å²) in [6, 6.07) is 0. The predicted octanol–water partition coefficient (Wildman–Crippen LogP) is 0.367. The molecule has 0 fully saturated rings. The van der Waals surface area contributed by atoms with Crippen LogP contribution in [-0.4, -0.2) is 12.1 Å². The van der Waals surface area contributed by atoms with Gasteiger partial charge in [0.2, 0.25) is 0 Å². The summed E-state index contributed by atoms with van der Waals surface area (Å²) in [5.41, 5.74) is 2.59. The standard InChI is InChI=1S/C4H2N2/c1-2-4-6-5-3-1/h1,3H. The minimum atomic E-state index is 1.55. The molecule has 2 nitrogen and oxygen atoms in total. The zero-order chi connectivity index (χ0) is 4.24. The second-order valence-corrected chi connectivity index (χ2v) is 0.787. The Morgan fingerprint density at radius 2 is 2.50 bits per heavy atom. The smallest absolute Gasteiger partial charge is 0.0625 e. The molecule has 0 saturated heterocycles. The minimum Gasteiger partial charge on any atom is -0.149 e. The maximum atomic E-state index is 3.45. The molecule has 6 heavy (non-hydrogen) atoms. The lowest BCUT2D eigenvalue weighted by molar-refractivity contribution is 1.27. The Balaban J connectivity index is 3.10. The first-order valence-electron chi connectivity index (χ1n) is 1.55. The summed E-state index contributed by atoms with van der Waals surface area (Å²) in [5, 5.41) is 6.80. The van der Waals surface area contributed by atoms with Gasteiger partial charge in [-0.3, -0.25) is 0 Å². The molecule has 0 N–H and O–H groups in total. The highest BCUT2D eigenvalue weighted by Crippen LogP contribution is 1.68. The lowest BCUT2D eigenvalue weighted by Gasteiger charge is -1.67. The molecule has 1 aliphatic heterocycles. The molecule has 2 heteroatoms. The van der Waals surface area contributed by atoms with Crippen molar-refractivity contribution in [3.05, 3.63) is 11.8 Å². The summed E-state index contributed by atoms with van der Waals surface area (Å²) in [7, 11) is 0. The van der Waals surface area contributed by atoms with E-state index in [1.54, 1.807) is 12.3 Å². The molecule has 0 aromatic heterocycles. The molecule has 1 aliphatic rings. The summed E-state index contributed by atoms with van der Waals surface area (Å²) in [4.78, 5) is 0. The number of hydrogen-bond acceptors (Lipinski definition) is 2. The Morgan fingerprint density at radius 1 is 1.50 bits per heavy atom. The van der Waals surface area contributed by atoms with Gasteiger partial charge in [0, 0.05) is 6.08 Å². The van der Waals surface area contributed by atoms with Gasteiger partial charge < -0.3 is 0 Å². The van der Waals surface area contributed by atoms with E-state index in [0.29, 0.717) is 0 Å². The van der Waals surface area contributed by atoms with E-state index in [0.717, 1.165) is 0 Å². The maximum absolute atomic E-state index is 3.45. The third kappa shape index (κ3) is 0.436. The number of hydrogen-bond donors (Lipinski definition) is 0. The van der Waals surface area contributed by atoms with Crippen LogP contribution in [0.1, 0.15) is 0 Å². The van der Waals surface area contributed by atoms with Crippen molar-refractivity contribution < 1.29 is 0 Å². The number of rotatable bonds is 0. The van der Waals surface area contributed by atoms with Crippen molar-refractivity contribution in [3.63, 3.8) is 0 Å². The molecule has 1 rings (SSSR count). The molecule has 0 saturated carbocycles. The summed E-state index contributed by atoms with van der Waals surface area (Å²) in [6.45, 7) is 0. The van der Waals surface area contributed by atoms with Gasteiger partial charge in [-0.2, -0.15) is 0 Å². The highest BCUT2D eigenvalue weighted by atomic mass is 15.2. The molecular formula is C4H2N2. The monoisotopic (exact) mass is 78.0 g/mol. The van der Waals surface area contributed by atoms with Crippen LogP contribution in [0.15, 0.2) is 22.0 Å². The Kier molecular flexibility index (Phi) is 0.707. The van der Waals surface area contributed by atoms with Crippen molar-refractivity contribution >= 4 is 12.1 Å². The van der Waals surface area contributed by atoms with Crippen molar-refractivity contribution in [1.82, 2.24) is 0 Å². The van der Waals surface area contributed by atoms with Crippen LogP contribution in [0, 0.1) is 0 Å². The molecule has 0 amide bonds. The van der Waals surface area contributed by atoms with Crippen LogP contribution in [0.5, 0.6) is 0 Å².